The first-order valence-corrected chi connectivity index (χ1v) is 6.98. The maximum Gasteiger partial charge on any atom is 0.0795 e. The average molecular weight is 299 g/mol. The molecule has 1 saturated heterocycles. The van der Waals surface area contributed by atoms with E-state index in [0.717, 1.165) is 48.1 Å². The number of aliphatic hydroxyl groups excluding tert-OH is 1. The van der Waals surface area contributed by atoms with Gasteiger partial charge in [0, 0.05) is 17.7 Å². The third-order valence-electron chi connectivity index (χ3n) is 3.57. The first-order chi connectivity index (χ1) is 8.18. The van der Waals surface area contributed by atoms with Crippen molar-refractivity contribution in [3.05, 3.63) is 33.8 Å². The highest BCUT2D eigenvalue weighted by Gasteiger charge is 2.20. The van der Waals surface area contributed by atoms with Crippen LogP contribution in [0.3, 0.4) is 0 Å². The summed E-state index contributed by atoms with van der Waals surface area (Å²) in [4.78, 5) is 0. The summed E-state index contributed by atoms with van der Waals surface area (Å²) < 4.78 is 6.41. The highest BCUT2D eigenvalue weighted by atomic mass is 79.9. The predicted molar refractivity (Wildman–Crippen MR) is 72.0 cm³/mol. The van der Waals surface area contributed by atoms with E-state index in [-0.39, 0.29) is 6.10 Å². The van der Waals surface area contributed by atoms with Crippen molar-refractivity contribution in [3.63, 3.8) is 0 Å². The standard InChI is InChI=1S/C14H19BrO2/c1-10-12(3-2-4-13(10)15)14(16)9-11-5-7-17-8-6-11/h2-4,11,14,16H,5-9H2,1H3. The van der Waals surface area contributed by atoms with Gasteiger partial charge in [-0.3, -0.25) is 0 Å². The molecule has 0 radical (unpaired) electrons. The van der Waals surface area contributed by atoms with E-state index in [0.29, 0.717) is 5.92 Å². The van der Waals surface area contributed by atoms with E-state index in [1.54, 1.807) is 0 Å². The number of halogens is 1. The second-order valence-electron chi connectivity index (χ2n) is 4.76. The van der Waals surface area contributed by atoms with Crippen LogP contribution in [0, 0.1) is 12.8 Å². The van der Waals surface area contributed by atoms with Crippen LogP contribution >= 0.6 is 15.9 Å². The zero-order valence-corrected chi connectivity index (χ0v) is 11.7. The zero-order chi connectivity index (χ0) is 12.3. The Hall–Kier alpha value is -0.380. The SMILES string of the molecule is Cc1c(Br)cccc1C(O)CC1CCOCC1. The zero-order valence-electron chi connectivity index (χ0n) is 10.2. The summed E-state index contributed by atoms with van der Waals surface area (Å²) in [6.07, 6.45) is 2.64. The second kappa shape index (κ2) is 5.98. The molecule has 1 aromatic rings. The molecule has 0 spiro atoms. The Labute approximate surface area is 111 Å². The Morgan fingerprint density at radius 1 is 1.41 bits per heavy atom. The fourth-order valence-electron chi connectivity index (χ4n) is 2.41. The van der Waals surface area contributed by atoms with Crippen molar-refractivity contribution in [1.29, 1.82) is 0 Å². The first-order valence-electron chi connectivity index (χ1n) is 6.19. The van der Waals surface area contributed by atoms with Crippen LogP contribution < -0.4 is 0 Å². The molecule has 0 amide bonds. The fraction of sp³-hybridized carbons (Fsp3) is 0.571. The summed E-state index contributed by atoms with van der Waals surface area (Å²) in [6.45, 7) is 3.73. The number of ether oxygens (including phenoxy) is 1. The van der Waals surface area contributed by atoms with Gasteiger partial charge in [0.05, 0.1) is 6.10 Å². The van der Waals surface area contributed by atoms with Crippen molar-refractivity contribution in [3.8, 4) is 0 Å². The summed E-state index contributed by atoms with van der Waals surface area (Å²) >= 11 is 3.51. The van der Waals surface area contributed by atoms with Crippen LogP contribution in [-0.2, 0) is 4.74 Å². The van der Waals surface area contributed by atoms with E-state index >= 15 is 0 Å². The van der Waals surface area contributed by atoms with Crippen LogP contribution in [0.5, 0.6) is 0 Å². The van der Waals surface area contributed by atoms with Crippen LogP contribution in [-0.4, -0.2) is 18.3 Å². The minimum Gasteiger partial charge on any atom is -0.388 e. The summed E-state index contributed by atoms with van der Waals surface area (Å²) in [5, 5.41) is 10.3. The van der Waals surface area contributed by atoms with E-state index in [1.165, 1.54) is 0 Å². The van der Waals surface area contributed by atoms with Crippen molar-refractivity contribution in [2.75, 3.05) is 13.2 Å². The van der Waals surface area contributed by atoms with Gasteiger partial charge in [0.1, 0.15) is 0 Å². The van der Waals surface area contributed by atoms with Crippen molar-refractivity contribution < 1.29 is 9.84 Å². The van der Waals surface area contributed by atoms with Gasteiger partial charge in [-0.1, -0.05) is 28.1 Å². The minimum absolute atomic E-state index is 0.351. The van der Waals surface area contributed by atoms with Gasteiger partial charge in [-0.15, -0.1) is 0 Å². The van der Waals surface area contributed by atoms with Gasteiger partial charge < -0.3 is 9.84 Å². The van der Waals surface area contributed by atoms with Crippen molar-refractivity contribution in [2.45, 2.75) is 32.3 Å². The van der Waals surface area contributed by atoms with E-state index in [4.69, 9.17) is 4.74 Å². The molecule has 94 valence electrons. The molecule has 1 unspecified atom stereocenters. The van der Waals surface area contributed by atoms with Gasteiger partial charge >= 0.3 is 0 Å². The largest absolute Gasteiger partial charge is 0.388 e. The Bertz CT molecular complexity index is 372. The maximum absolute atomic E-state index is 10.3. The molecular weight excluding hydrogens is 280 g/mol. The van der Waals surface area contributed by atoms with Crippen LogP contribution in [0.4, 0.5) is 0 Å². The summed E-state index contributed by atoms with van der Waals surface area (Å²) in [6, 6.07) is 6.02. The molecular formula is C14H19BrO2. The molecule has 1 aromatic carbocycles. The molecule has 1 aliphatic heterocycles. The van der Waals surface area contributed by atoms with Crippen molar-refractivity contribution in [2.24, 2.45) is 5.92 Å². The smallest absolute Gasteiger partial charge is 0.0795 e. The summed E-state index contributed by atoms with van der Waals surface area (Å²) in [5.74, 6) is 0.595. The average Bonchev–Trinajstić information content (AvgIpc) is 2.34. The normalized spacial score (nSPS) is 19.2. The molecule has 0 aromatic heterocycles. The molecule has 1 fully saturated rings. The molecule has 0 bridgehead atoms. The second-order valence-corrected chi connectivity index (χ2v) is 5.62. The van der Waals surface area contributed by atoms with Gasteiger partial charge in [0.25, 0.3) is 0 Å². The molecule has 3 heteroatoms. The van der Waals surface area contributed by atoms with Gasteiger partial charge in [0.2, 0.25) is 0 Å². The highest BCUT2D eigenvalue weighted by molar-refractivity contribution is 9.10. The first kappa shape index (κ1) is 13.1. The molecule has 1 aliphatic rings. The van der Waals surface area contributed by atoms with E-state index < -0.39 is 0 Å². The van der Waals surface area contributed by atoms with Gasteiger partial charge in [-0.2, -0.15) is 0 Å². The minimum atomic E-state index is -0.351. The van der Waals surface area contributed by atoms with E-state index in [2.05, 4.69) is 15.9 Å². The third-order valence-corrected chi connectivity index (χ3v) is 4.43. The Balaban J connectivity index is 2.03. The lowest BCUT2D eigenvalue weighted by Gasteiger charge is -2.25. The Kier molecular flexibility index (Phi) is 4.60. The molecule has 0 saturated carbocycles. The molecule has 1 N–H and O–H groups in total. The molecule has 1 atom stereocenters. The van der Waals surface area contributed by atoms with Gasteiger partial charge in [0.15, 0.2) is 0 Å². The number of hydrogen-bond acceptors (Lipinski definition) is 2. The lowest BCUT2D eigenvalue weighted by Crippen LogP contribution is -2.18. The topological polar surface area (TPSA) is 29.5 Å². The number of hydrogen-bond donors (Lipinski definition) is 1. The van der Waals surface area contributed by atoms with Gasteiger partial charge in [-0.05, 0) is 49.3 Å². The Morgan fingerprint density at radius 3 is 2.82 bits per heavy atom. The van der Waals surface area contributed by atoms with Crippen LogP contribution in [0.1, 0.15) is 36.5 Å². The Morgan fingerprint density at radius 2 is 2.12 bits per heavy atom. The maximum atomic E-state index is 10.3. The molecule has 1 heterocycles. The van der Waals surface area contributed by atoms with E-state index in [1.807, 2.05) is 25.1 Å². The lowest BCUT2D eigenvalue weighted by molar-refractivity contribution is 0.0434. The predicted octanol–water partition coefficient (Wildman–Crippen LogP) is 3.61. The van der Waals surface area contributed by atoms with Crippen LogP contribution in [0.25, 0.3) is 0 Å². The fourth-order valence-corrected chi connectivity index (χ4v) is 2.79. The molecule has 17 heavy (non-hydrogen) atoms. The van der Waals surface area contributed by atoms with Crippen LogP contribution in [0.15, 0.2) is 22.7 Å². The molecule has 0 aliphatic carbocycles. The number of rotatable bonds is 3. The quantitative estimate of drug-likeness (QED) is 0.924. The number of aliphatic hydroxyl groups is 1. The number of benzene rings is 1. The van der Waals surface area contributed by atoms with Crippen molar-refractivity contribution >= 4 is 15.9 Å². The van der Waals surface area contributed by atoms with Crippen molar-refractivity contribution in [1.82, 2.24) is 0 Å². The van der Waals surface area contributed by atoms with E-state index in [9.17, 15) is 5.11 Å². The lowest BCUT2D eigenvalue weighted by atomic mass is 9.90. The van der Waals surface area contributed by atoms with Crippen LogP contribution in [0.2, 0.25) is 0 Å². The van der Waals surface area contributed by atoms with Gasteiger partial charge in [-0.25, -0.2) is 0 Å². The molecule has 2 rings (SSSR count). The highest BCUT2D eigenvalue weighted by Crippen LogP contribution is 2.31. The summed E-state index contributed by atoms with van der Waals surface area (Å²) in [5.41, 5.74) is 2.19. The summed E-state index contributed by atoms with van der Waals surface area (Å²) in [7, 11) is 0. The molecule has 2 nitrogen and oxygen atoms in total. The monoisotopic (exact) mass is 298 g/mol. The third kappa shape index (κ3) is 3.30.